The second-order valence-corrected chi connectivity index (χ2v) is 3.52. The molecule has 0 unspecified atom stereocenters. The minimum Gasteiger partial charge on any atom is -0.334 e. The maximum Gasteiger partial charge on any atom is 0.120 e. The summed E-state index contributed by atoms with van der Waals surface area (Å²) in [6, 6.07) is 0. The first-order chi connectivity index (χ1) is 5.24. The number of aryl methyl sites for hydroxylation is 1. The number of hydrogen-bond acceptors (Lipinski definition) is 2. The zero-order chi connectivity index (χ0) is 8.27. The van der Waals surface area contributed by atoms with Gasteiger partial charge in [0.05, 0.1) is 4.47 Å². The number of halogens is 1. The maximum absolute atomic E-state index is 5.01. The molecular weight excluding hydrogens is 224 g/mol. The van der Waals surface area contributed by atoms with Crippen LogP contribution in [0.1, 0.15) is 19.2 Å². The molecular formula is C7H9BrN2S. The highest BCUT2D eigenvalue weighted by Crippen LogP contribution is 2.08. The number of rotatable bonds is 2. The average Bonchev–Trinajstić information content (AvgIpc) is 1.98. The summed E-state index contributed by atoms with van der Waals surface area (Å²) in [6.07, 6.45) is 3.78. The molecule has 0 fully saturated rings. The molecule has 0 aliphatic carbocycles. The third kappa shape index (κ3) is 2.38. The Morgan fingerprint density at radius 1 is 1.73 bits per heavy atom. The van der Waals surface area contributed by atoms with E-state index in [2.05, 4.69) is 32.8 Å². The fourth-order valence-corrected chi connectivity index (χ4v) is 1.15. The Morgan fingerprint density at radius 3 is 3.00 bits per heavy atom. The van der Waals surface area contributed by atoms with Crippen LogP contribution in [0.2, 0.25) is 0 Å². The van der Waals surface area contributed by atoms with E-state index in [1.165, 1.54) is 0 Å². The van der Waals surface area contributed by atoms with Gasteiger partial charge in [-0.15, -0.1) is 0 Å². The van der Waals surface area contributed by atoms with E-state index < -0.39 is 0 Å². The van der Waals surface area contributed by atoms with E-state index in [1.54, 1.807) is 6.20 Å². The van der Waals surface area contributed by atoms with Gasteiger partial charge in [-0.3, -0.25) is 0 Å². The summed E-state index contributed by atoms with van der Waals surface area (Å²) in [4.78, 5) is 7.19. The lowest BCUT2D eigenvalue weighted by molar-refractivity contribution is 0.828. The van der Waals surface area contributed by atoms with Crippen molar-refractivity contribution in [3.05, 3.63) is 21.1 Å². The topological polar surface area (TPSA) is 28.7 Å². The molecule has 0 amide bonds. The van der Waals surface area contributed by atoms with Crippen molar-refractivity contribution in [2.45, 2.75) is 19.8 Å². The lowest BCUT2D eigenvalue weighted by atomic mass is 10.3. The Labute approximate surface area is 79.2 Å². The van der Waals surface area contributed by atoms with E-state index in [0.717, 1.165) is 27.8 Å². The molecule has 4 heteroatoms. The fourth-order valence-electron chi connectivity index (χ4n) is 0.780. The van der Waals surface area contributed by atoms with Crippen LogP contribution in [-0.4, -0.2) is 9.97 Å². The molecule has 0 saturated carbocycles. The molecule has 0 spiro atoms. The van der Waals surface area contributed by atoms with Crippen molar-refractivity contribution in [3.8, 4) is 0 Å². The summed E-state index contributed by atoms with van der Waals surface area (Å²) in [6.45, 7) is 2.11. The molecule has 1 N–H and O–H groups in total. The molecule has 2 nitrogen and oxygen atoms in total. The normalized spacial score (nSPS) is 10.0. The van der Waals surface area contributed by atoms with Gasteiger partial charge in [-0.1, -0.05) is 19.1 Å². The van der Waals surface area contributed by atoms with Crippen molar-refractivity contribution in [2.75, 3.05) is 0 Å². The smallest absolute Gasteiger partial charge is 0.120 e. The van der Waals surface area contributed by atoms with E-state index in [4.69, 9.17) is 12.2 Å². The van der Waals surface area contributed by atoms with Crippen LogP contribution in [0.5, 0.6) is 0 Å². The Morgan fingerprint density at radius 2 is 2.45 bits per heavy atom. The van der Waals surface area contributed by atoms with Crippen LogP contribution in [0.4, 0.5) is 0 Å². The quantitative estimate of drug-likeness (QED) is 0.795. The van der Waals surface area contributed by atoms with Gasteiger partial charge in [0.15, 0.2) is 0 Å². The molecule has 0 saturated heterocycles. The number of aromatic amines is 1. The van der Waals surface area contributed by atoms with E-state index in [9.17, 15) is 0 Å². The summed E-state index contributed by atoms with van der Waals surface area (Å²) >= 11 is 8.30. The average molecular weight is 233 g/mol. The largest absolute Gasteiger partial charge is 0.334 e. The summed E-state index contributed by atoms with van der Waals surface area (Å²) in [5.41, 5.74) is 0. The number of aromatic nitrogens is 2. The van der Waals surface area contributed by atoms with Crippen LogP contribution in [0.3, 0.4) is 0 Å². The second-order valence-electron chi connectivity index (χ2n) is 2.26. The van der Waals surface area contributed by atoms with Gasteiger partial charge in [0.2, 0.25) is 0 Å². The molecule has 1 heterocycles. The van der Waals surface area contributed by atoms with Crippen molar-refractivity contribution in [2.24, 2.45) is 0 Å². The molecule has 60 valence electrons. The molecule has 1 rings (SSSR count). The SMILES string of the molecule is CCCc1ncc(Br)c(=S)[nH]1. The Balaban J connectivity index is 2.96. The van der Waals surface area contributed by atoms with Crippen molar-refractivity contribution >= 4 is 28.1 Å². The lowest BCUT2D eigenvalue weighted by Gasteiger charge is -1.97. The van der Waals surface area contributed by atoms with Crippen molar-refractivity contribution in [1.82, 2.24) is 9.97 Å². The van der Waals surface area contributed by atoms with Gasteiger partial charge in [0, 0.05) is 12.6 Å². The molecule has 1 aromatic rings. The van der Waals surface area contributed by atoms with Gasteiger partial charge in [-0.05, 0) is 22.4 Å². The molecule has 0 aromatic carbocycles. The number of nitrogens with one attached hydrogen (secondary N) is 1. The predicted octanol–water partition coefficient (Wildman–Crippen LogP) is 2.85. The van der Waals surface area contributed by atoms with Crippen LogP contribution >= 0.6 is 28.1 Å². The summed E-state index contributed by atoms with van der Waals surface area (Å²) < 4.78 is 1.58. The maximum atomic E-state index is 5.01. The van der Waals surface area contributed by atoms with Gasteiger partial charge in [-0.25, -0.2) is 4.98 Å². The minimum atomic E-state index is 0.725. The zero-order valence-corrected chi connectivity index (χ0v) is 8.63. The molecule has 1 aromatic heterocycles. The highest BCUT2D eigenvalue weighted by molar-refractivity contribution is 9.10. The Hall–Kier alpha value is -0.220. The highest BCUT2D eigenvalue weighted by Gasteiger charge is 1.94. The molecule has 0 aliphatic heterocycles. The lowest BCUT2D eigenvalue weighted by Crippen LogP contribution is -1.93. The van der Waals surface area contributed by atoms with Crippen LogP contribution in [0, 0.1) is 4.64 Å². The Kier molecular flexibility index (Phi) is 3.20. The van der Waals surface area contributed by atoms with E-state index >= 15 is 0 Å². The number of H-pyrrole nitrogens is 1. The van der Waals surface area contributed by atoms with Crippen molar-refractivity contribution < 1.29 is 0 Å². The predicted molar refractivity (Wildman–Crippen MR) is 51.1 cm³/mol. The third-order valence-corrected chi connectivity index (χ3v) is 2.48. The summed E-state index contributed by atoms with van der Waals surface area (Å²) in [5.74, 6) is 0.959. The van der Waals surface area contributed by atoms with Crippen molar-refractivity contribution in [3.63, 3.8) is 0 Å². The molecule has 0 bridgehead atoms. The van der Waals surface area contributed by atoms with Gasteiger partial charge in [0.1, 0.15) is 10.5 Å². The zero-order valence-electron chi connectivity index (χ0n) is 6.22. The van der Waals surface area contributed by atoms with Gasteiger partial charge in [-0.2, -0.15) is 0 Å². The third-order valence-electron chi connectivity index (χ3n) is 1.30. The van der Waals surface area contributed by atoms with Crippen LogP contribution in [0.25, 0.3) is 0 Å². The minimum absolute atomic E-state index is 0.725. The first kappa shape index (κ1) is 8.87. The van der Waals surface area contributed by atoms with E-state index in [0.29, 0.717) is 0 Å². The number of nitrogens with zero attached hydrogens (tertiary/aromatic N) is 1. The molecule has 0 aliphatic rings. The second kappa shape index (κ2) is 3.97. The van der Waals surface area contributed by atoms with E-state index in [-0.39, 0.29) is 0 Å². The summed E-state index contributed by atoms with van der Waals surface area (Å²) in [5, 5.41) is 0. The first-order valence-corrected chi connectivity index (χ1v) is 4.68. The van der Waals surface area contributed by atoms with E-state index in [1.807, 2.05) is 0 Å². The van der Waals surface area contributed by atoms with Crippen molar-refractivity contribution in [1.29, 1.82) is 0 Å². The van der Waals surface area contributed by atoms with Gasteiger partial charge in [0.25, 0.3) is 0 Å². The van der Waals surface area contributed by atoms with Crippen LogP contribution < -0.4 is 0 Å². The Bertz CT molecular complexity index is 295. The standard InChI is InChI=1S/C7H9BrN2S/c1-2-3-6-9-4-5(8)7(11)10-6/h4H,2-3H2,1H3,(H,9,10,11). The summed E-state index contributed by atoms with van der Waals surface area (Å²) in [7, 11) is 0. The monoisotopic (exact) mass is 232 g/mol. The molecule has 0 atom stereocenters. The van der Waals surface area contributed by atoms with Crippen LogP contribution in [-0.2, 0) is 6.42 Å². The van der Waals surface area contributed by atoms with Gasteiger partial charge >= 0.3 is 0 Å². The fraction of sp³-hybridized carbons (Fsp3) is 0.429. The molecule has 11 heavy (non-hydrogen) atoms. The molecule has 0 radical (unpaired) electrons. The van der Waals surface area contributed by atoms with Crippen LogP contribution in [0.15, 0.2) is 10.7 Å². The first-order valence-electron chi connectivity index (χ1n) is 3.47. The van der Waals surface area contributed by atoms with Gasteiger partial charge < -0.3 is 4.98 Å². The highest BCUT2D eigenvalue weighted by atomic mass is 79.9. The number of hydrogen-bond donors (Lipinski definition) is 1.